The summed E-state index contributed by atoms with van der Waals surface area (Å²) in [6.07, 6.45) is 0. The normalized spacial score (nSPS) is 10.5. The number of nitrogens with one attached hydrogen (secondary N) is 1. The van der Waals surface area contributed by atoms with Crippen molar-refractivity contribution in [3.63, 3.8) is 0 Å². The van der Waals surface area contributed by atoms with Gasteiger partial charge in [-0.15, -0.1) is 11.3 Å². The molecule has 0 aliphatic rings. The largest absolute Gasteiger partial charge is 0.493 e. The van der Waals surface area contributed by atoms with Crippen LogP contribution in [0.25, 0.3) is 10.6 Å². The van der Waals surface area contributed by atoms with Gasteiger partial charge in [-0.1, -0.05) is 6.07 Å². The third kappa shape index (κ3) is 3.67. The number of anilines is 1. The number of hydrogen-bond donors (Lipinski definition) is 1. The smallest absolute Gasteiger partial charge is 0.275 e. The zero-order valence-electron chi connectivity index (χ0n) is 14.5. The van der Waals surface area contributed by atoms with E-state index in [2.05, 4.69) is 10.3 Å². The molecule has 0 bridgehead atoms. The molecular formula is C19H17FN2O3S. The molecule has 0 saturated carbocycles. The van der Waals surface area contributed by atoms with Gasteiger partial charge in [-0.3, -0.25) is 4.79 Å². The fraction of sp³-hybridized carbons (Fsp3) is 0.158. The summed E-state index contributed by atoms with van der Waals surface area (Å²) in [5.74, 6) is 0.408. The average molecular weight is 372 g/mol. The van der Waals surface area contributed by atoms with E-state index in [9.17, 15) is 9.18 Å². The molecule has 0 saturated heterocycles. The third-order valence-corrected chi connectivity index (χ3v) is 4.71. The summed E-state index contributed by atoms with van der Waals surface area (Å²) in [6, 6.07) is 9.68. The summed E-state index contributed by atoms with van der Waals surface area (Å²) in [5, 5.41) is 5.03. The van der Waals surface area contributed by atoms with Crippen LogP contribution in [-0.4, -0.2) is 25.1 Å². The second kappa shape index (κ2) is 7.53. The molecule has 1 N–H and O–H groups in total. The van der Waals surface area contributed by atoms with Crippen molar-refractivity contribution in [3.8, 4) is 22.1 Å². The van der Waals surface area contributed by atoms with E-state index in [-0.39, 0.29) is 11.6 Å². The number of aromatic nitrogens is 1. The zero-order valence-corrected chi connectivity index (χ0v) is 15.3. The topological polar surface area (TPSA) is 60.5 Å². The van der Waals surface area contributed by atoms with Crippen LogP contribution in [0.2, 0.25) is 0 Å². The molecule has 3 aromatic rings. The maximum atomic E-state index is 13.4. The number of hydrogen-bond acceptors (Lipinski definition) is 5. The van der Waals surface area contributed by atoms with E-state index < -0.39 is 5.82 Å². The second-order valence-electron chi connectivity index (χ2n) is 5.52. The fourth-order valence-corrected chi connectivity index (χ4v) is 3.19. The number of aryl methyl sites for hydroxylation is 1. The lowest BCUT2D eigenvalue weighted by Gasteiger charge is -2.08. The van der Waals surface area contributed by atoms with Crippen LogP contribution in [0.15, 0.2) is 41.8 Å². The van der Waals surface area contributed by atoms with Crippen molar-refractivity contribution in [2.24, 2.45) is 0 Å². The first-order valence-electron chi connectivity index (χ1n) is 7.77. The van der Waals surface area contributed by atoms with Crippen LogP contribution in [-0.2, 0) is 0 Å². The highest BCUT2D eigenvalue weighted by Crippen LogP contribution is 2.33. The number of thiazole rings is 1. The molecule has 0 radical (unpaired) electrons. The predicted molar refractivity (Wildman–Crippen MR) is 99.7 cm³/mol. The van der Waals surface area contributed by atoms with Crippen molar-refractivity contribution >= 4 is 22.9 Å². The van der Waals surface area contributed by atoms with Gasteiger partial charge < -0.3 is 14.8 Å². The fourth-order valence-electron chi connectivity index (χ4n) is 2.40. The Morgan fingerprint density at radius 2 is 1.88 bits per heavy atom. The Morgan fingerprint density at radius 3 is 2.62 bits per heavy atom. The minimum atomic E-state index is -0.407. The number of rotatable bonds is 5. The van der Waals surface area contributed by atoms with Crippen molar-refractivity contribution < 1.29 is 18.7 Å². The standard InChI is InChI=1S/C19H17FN2O3S/c1-11-4-6-13(20)9-14(11)21-18(23)15-10-26-19(22-15)12-5-7-16(24-2)17(8-12)25-3/h4-10H,1-3H3,(H,21,23). The Morgan fingerprint density at radius 1 is 1.12 bits per heavy atom. The maximum absolute atomic E-state index is 13.4. The van der Waals surface area contributed by atoms with E-state index in [0.29, 0.717) is 22.2 Å². The summed E-state index contributed by atoms with van der Waals surface area (Å²) in [4.78, 5) is 16.8. The van der Waals surface area contributed by atoms with Gasteiger partial charge in [0.25, 0.3) is 5.91 Å². The minimum Gasteiger partial charge on any atom is -0.493 e. The number of benzene rings is 2. The number of methoxy groups -OCH3 is 2. The van der Waals surface area contributed by atoms with Gasteiger partial charge in [0.1, 0.15) is 16.5 Å². The molecule has 0 aliphatic heterocycles. The van der Waals surface area contributed by atoms with Crippen LogP contribution < -0.4 is 14.8 Å². The number of amides is 1. The van der Waals surface area contributed by atoms with E-state index in [1.54, 1.807) is 44.7 Å². The van der Waals surface area contributed by atoms with Crippen LogP contribution in [0.5, 0.6) is 11.5 Å². The zero-order chi connectivity index (χ0) is 18.7. The molecule has 2 aromatic carbocycles. The van der Waals surface area contributed by atoms with Gasteiger partial charge in [-0.2, -0.15) is 0 Å². The molecule has 0 atom stereocenters. The molecule has 0 fully saturated rings. The summed E-state index contributed by atoms with van der Waals surface area (Å²) in [7, 11) is 3.13. The van der Waals surface area contributed by atoms with E-state index in [1.165, 1.54) is 23.5 Å². The first-order valence-corrected chi connectivity index (χ1v) is 8.65. The molecule has 1 aromatic heterocycles. The van der Waals surface area contributed by atoms with Gasteiger partial charge in [0.05, 0.1) is 14.2 Å². The average Bonchev–Trinajstić information content (AvgIpc) is 3.14. The van der Waals surface area contributed by atoms with Crippen LogP contribution >= 0.6 is 11.3 Å². The monoisotopic (exact) mass is 372 g/mol. The molecule has 0 aliphatic carbocycles. The molecule has 0 spiro atoms. The van der Waals surface area contributed by atoms with Gasteiger partial charge >= 0.3 is 0 Å². The second-order valence-corrected chi connectivity index (χ2v) is 6.38. The molecule has 134 valence electrons. The lowest BCUT2D eigenvalue weighted by Crippen LogP contribution is -2.13. The third-order valence-electron chi connectivity index (χ3n) is 3.82. The summed E-state index contributed by atoms with van der Waals surface area (Å²) in [5.41, 5.74) is 2.28. The van der Waals surface area contributed by atoms with Crippen molar-refractivity contribution in [3.05, 3.63) is 58.9 Å². The lowest BCUT2D eigenvalue weighted by atomic mass is 10.2. The molecule has 7 heteroatoms. The SMILES string of the molecule is COc1ccc(-c2nc(C(=O)Nc3cc(F)ccc3C)cs2)cc1OC. The molecule has 1 heterocycles. The molecule has 26 heavy (non-hydrogen) atoms. The lowest BCUT2D eigenvalue weighted by molar-refractivity contribution is 0.102. The van der Waals surface area contributed by atoms with Crippen LogP contribution in [0, 0.1) is 12.7 Å². The van der Waals surface area contributed by atoms with Crippen molar-refractivity contribution in [2.75, 3.05) is 19.5 Å². The molecule has 3 rings (SSSR count). The number of carbonyl (C=O) groups excluding carboxylic acids is 1. The maximum Gasteiger partial charge on any atom is 0.275 e. The Bertz CT molecular complexity index is 956. The highest BCUT2D eigenvalue weighted by Gasteiger charge is 2.15. The Hall–Kier alpha value is -2.93. The summed E-state index contributed by atoms with van der Waals surface area (Å²) < 4.78 is 23.9. The molecule has 0 unspecified atom stereocenters. The van der Waals surface area contributed by atoms with E-state index in [0.717, 1.165) is 11.1 Å². The van der Waals surface area contributed by atoms with E-state index in [1.807, 2.05) is 6.07 Å². The molecule has 5 nitrogen and oxygen atoms in total. The van der Waals surface area contributed by atoms with Crippen molar-refractivity contribution in [2.45, 2.75) is 6.92 Å². The number of nitrogens with zero attached hydrogens (tertiary/aromatic N) is 1. The van der Waals surface area contributed by atoms with Gasteiger partial charge in [0.2, 0.25) is 0 Å². The van der Waals surface area contributed by atoms with Crippen molar-refractivity contribution in [1.82, 2.24) is 4.98 Å². The molecular weight excluding hydrogens is 355 g/mol. The highest BCUT2D eigenvalue weighted by molar-refractivity contribution is 7.13. The first kappa shape index (κ1) is 17.9. The van der Waals surface area contributed by atoms with E-state index in [4.69, 9.17) is 9.47 Å². The van der Waals surface area contributed by atoms with Gasteiger partial charge in [0.15, 0.2) is 11.5 Å². The first-order chi connectivity index (χ1) is 12.5. The van der Waals surface area contributed by atoms with Crippen LogP contribution in [0.1, 0.15) is 16.1 Å². The Kier molecular flexibility index (Phi) is 5.18. The Balaban J connectivity index is 1.83. The predicted octanol–water partition coefficient (Wildman–Crippen LogP) is 4.53. The minimum absolute atomic E-state index is 0.267. The number of carbonyl (C=O) groups is 1. The van der Waals surface area contributed by atoms with Gasteiger partial charge in [0, 0.05) is 16.6 Å². The van der Waals surface area contributed by atoms with Crippen LogP contribution in [0.3, 0.4) is 0 Å². The number of ether oxygens (including phenoxy) is 2. The van der Waals surface area contributed by atoms with Gasteiger partial charge in [-0.05, 0) is 42.8 Å². The van der Waals surface area contributed by atoms with Crippen molar-refractivity contribution in [1.29, 1.82) is 0 Å². The van der Waals surface area contributed by atoms with Gasteiger partial charge in [-0.25, -0.2) is 9.37 Å². The number of halogens is 1. The Labute approximate surface area is 154 Å². The summed E-state index contributed by atoms with van der Waals surface area (Å²) in [6.45, 7) is 1.80. The quantitative estimate of drug-likeness (QED) is 0.715. The van der Waals surface area contributed by atoms with E-state index >= 15 is 0 Å². The van der Waals surface area contributed by atoms with Crippen LogP contribution in [0.4, 0.5) is 10.1 Å². The molecule has 1 amide bonds. The highest BCUT2D eigenvalue weighted by atomic mass is 32.1. The summed E-state index contributed by atoms with van der Waals surface area (Å²) >= 11 is 1.34.